The van der Waals surface area contributed by atoms with Gasteiger partial charge in [0, 0.05) is 18.4 Å². The molecule has 2 rings (SSSR count). The highest BCUT2D eigenvalue weighted by atomic mass is 35.5. The third-order valence-electron chi connectivity index (χ3n) is 3.27. The van der Waals surface area contributed by atoms with E-state index in [1.54, 1.807) is 24.3 Å². The third-order valence-corrected chi connectivity index (χ3v) is 3.56. The summed E-state index contributed by atoms with van der Waals surface area (Å²) < 4.78 is 13.3. The molecule has 0 heterocycles. The van der Waals surface area contributed by atoms with Crippen LogP contribution in [0.3, 0.4) is 0 Å². The van der Waals surface area contributed by atoms with Gasteiger partial charge in [0.2, 0.25) is 0 Å². The Balaban J connectivity index is 2.09. The Morgan fingerprint density at radius 2 is 1.92 bits per heavy atom. The quantitative estimate of drug-likeness (QED) is 0.265. The predicted octanol–water partition coefficient (Wildman–Crippen LogP) is 4.92. The molecule has 2 aromatic carbocycles. The van der Waals surface area contributed by atoms with E-state index in [1.165, 1.54) is 30.3 Å². The van der Waals surface area contributed by atoms with E-state index in [1.807, 2.05) is 6.07 Å². The first-order chi connectivity index (χ1) is 11.5. The Kier molecular flexibility index (Phi) is 6.14. The fraction of sp³-hybridized carbons (Fsp3) is 0.176. The lowest BCUT2D eigenvalue weighted by atomic mass is 10.1. The molecule has 0 amide bonds. The van der Waals surface area contributed by atoms with Gasteiger partial charge in [0.25, 0.3) is 0 Å². The van der Waals surface area contributed by atoms with Crippen molar-refractivity contribution >= 4 is 28.9 Å². The zero-order chi connectivity index (χ0) is 17.5. The van der Waals surface area contributed by atoms with Crippen LogP contribution in [0.4, 0.5) is 10.1 Å². The monoisotopic (exact) mass is 346 g/mol. The van der Waals surface area contributed by atoms with Crippen LogP contribution in [0, 0.1) is 11.2 Å². The number of ketones is 1. The van der Waals surface area contributed by atoms with E-state index in [0.29, 0.717) is 11.3 Å². The molecule has 0 spiro atoms. The SMILES string of the molecule is C/N=N\N(C(=N)CCC(=O)c1ccccc1)c1ccc(F)c(Cl)c1. The average Bonchev–Trinajstić information content (AvgIpc) is 2.60. The minimum Gasteiger partial charge on any atom is -0.294 e. The number of halogens is 2. The maximum absolute atomic E-state index is 13.3. The molecule has 2 aromatic rings. The summed E-state index contributed by atoms with van der Waals surface area (Å²) in [6, 6.07) is 12.9. The molecule has 0 aromatic heterocycles. The Labute approximate surface area is 144 Å². The lowest BCUT2D eigenvalue weighted by molar-refractivity contribution is 0.0984. The van der Waals surface area contributed by atoms with Crippen LogP contribution in [-0.4, -0.2) is 18.7 Å². The fourth-order valence-electron chi connectivity index (χ4n) is 2.07. The summed E-state index contributed by atoms with van der Waals surface area (Å²) in [6.45, 7) is 0. The van der Waals surface area contributed by atoms with Crippen LogP contribution in [0.1, 0.15) is 23.2 Å². The Morgan fingerprint density at radius 3 is 2.54 bits per heavy atom. The smallest absolute Gasteiger partial charge is 0.163 e. The first-order valence-corrected chi connectivity index (χ1v) is 7.61. The van der Waals surface area contributed by atoms with Crippen molar-refractivity contribution in [2.45, 2.75) is 12.8 Å². The molecule has 0 fully saturated rings. The van der Waals surface area contributed by atoms with Crippen LogP contribution in [-0.2, 0) is 0 Å². The van der Waals surface area contributed by atoms with Crippen molar-refractivity contribution < 1.29 is 9.18 Å². The van der Waals surface area contributed by atoms with Crippen LogP contribution in [0.2, 0.25) is 5.02 Å². The minimum atomic E-state index is -0.556. The predicted molar refractivity (Wildman–Crippen MR) is 92.4 cm³/mol. The second-order valence-corrected chi connectivity index (χ2v) is 5.34. The number of rotatable bonds is 6. The van der Waals surface area contributed by atoms with Gasteiger partial charge in [-0.1, -0.05) is 47.2 Å². The van der Waals surface area contributed by atoms with Gasteiger partial charge in [-0.2, -0.15) is 5.11 Å². The molecule has 0 atom stereocenters. The summed E-state index contributed by atoms with van der Waals surface area (Å²) >= 11 is 5.77. The van der Waals surface area contributed by atoms with Gasteiger partial charge in [-0.3, -0.25) is 10.2 Å². The van der Waals surface area contributed by atoms with E-state index in [-0.39, 0.29) is 29.5 Å². The van der Waals surface area contributed by atoms with Crippen molar-refractivity contribution in [1.29, 1.82) is 5.41 Å². The number of carbonyl (C=O) groups excluding carboxylic acids is 1. The number of carbonyl (C=O) groups is 1. The first kappa shape index (κ1) is 17.7. The van der Waals surface area contributed by atoms with Crippen LogP contribution in [0.15, 0.2) is 58.9 Å². The van der Waals surface area contributed by atoms with E-state index >= 15 is 0 Å². The molecule has 0 saturated carbocycles. The third kappa shape index (κ3) is 4.45. The van der Waals surface area contributed by atoms with Gasteiger partial charge in [0.1, 0.15) is 11.7 Å². The largest absolute Gasteiger partial charge is 0.294 e. The van der Waals surface area contributed by atoms with E-state index in [4.69, 9.17) is 17.0 Å². The zero-order valence-corrected chi connectivity index (χ0v) is 13.8. The van der Waals surface area contributed by atoms with Crippen molar-refractivity contribution in [3.8, 4) is 0 Å². The van der Waals surface area contributed by atoms with Gasteiger partial charge in [-0.05, 0) is 18.2 Å². The number of Topliss-reactive ketones (excluding diaryl/α,β-unsaturated/α-hetero) is 1. The lowest BCUT2D eigenvalue weighted by Gasteiger charge is -2.18. The second-order valence-electron chi connectivity index (χ2n) is 4.94. The molecule has 24 heavy (non-hydrogen) atoms. The maximum Gasteiger partial charge on any atom is 0.163 e. The van der Waals surface area contributed by atoms with E-state index in [0.717, 1.165) is 0 Å². The summed E-state index contributed by atoms with van der Waals surface area (Å²) in [5, 5.41) is 16.8. The summed E-state index contributed by atoms with van der Waals surface area (Å²) in [5.41, 5.74) is 1.00. The van der Waals surface area contributed by atoms with Crippen LogP contribution < -0.4 is 5.01 Å². The van der Waals surface area contributed by atoms with Gasteiger partial charge in [-0.25, -0.2) is 9.40 Å². The van der Waals surface area contributed by atoms with Gasteiger partial charge < -0.3 is 0 Å². The number of amidine groups is 1. The van der Waals surface area contributed by atoms with Crippen molar-refractivity contribution in [3.05, 3.63) is 64.9 Å². The second kappa shape index (κ2) is 8.31. The van der Waals surface area contributed by atoms with Crippen LogP contribution in [0.25, 0.3) is 0 Å². The molecule has 0 radical (unpaired) electrons. The molecule has 7 heteroatoms. The molecule has 1 N–H and O–H groups in total. The summed E-state index contributed by atoms with van der Waals surface area (Å²) in [7, 11) is 1.46. The molecule has 0 saturated heterocycles. The molecule has 0 aliphatic rings. The molecule has 0 bridgehead atoms. The maximum atomic E-state index is 13.3. The molecule has 0 unspecified atom stereocenters. The number of nitrogens with zero attached hydrogens (tertiary/aromatic N) is 3. The lowest BCUT2D eigenvalue weighted by Crippen LogP contribution is -2.24. The van der Waals surface area contributed by atoms with E-state index in [9.17, 15) is 9.18 Å². The van der Waals surface area contributed by atoms with Crippen LogP contribution in [0.5, 0.6) is 0 Å². The molecule has 5 nitrogen and oxygen atoms in total. The molecule has 124 valence electrons. The Morgan fingerprint density at radius 1 is 1.21 bits per heavy atom. The summed E-state index contributed by atoms with van der Waals surface area (Å²) in [5.74, 6) is -0.557. The van der Waals surface area contributed by atoms with Crippen molar-refractivity contribution in [2.24, 2.45) is 10.3 Å². The Bertz CT molecular complexity index is 764. The number of hydrogen-bond donors (Lipinski definition) is 1. The number of hydrogen-bond acceptors (Lipinski definition) is 4. The minimum absolute atomic E-state index is 0.0626. The van der Waals surface area contributed by atoms with Gasteiger partial charge in [0.05, 0.1) is 17.8 Å². The van der Waals surface area contributed by atoms with Crippen LogP contribution >= 0.6 is 11.6 Å². The van der Waals surface area contributed by atoms with Crippen molar-refractivity contribution in [2.75, 3.05) is 12.1 Å². The normalized spacial score (nSPS) is 10.8. The number of anilines is 1. The molecular formula is C17H16ClFN4O. The molecule has 0 aliphatic carbocycles. The molecular weight excluding hydrogens is 331 g/mol. The van der Waals surface area contributed by atoms with Gasteiger partial charge in [0.15, 0.2) is 5.78 Å². The molecule has 0 aliphatic heterocycles. The highest BCUT2D eigenvalue weighted by Gasteiger charge is 2.15. The summed E-state index contributed by atoms with van der Waals surface area (Å²) in [4.78, 5) is 12.1. The van der Waals surface area contributed by atoms with Gasteiger partial charge in [-0.15, -0.1) is 0 Å². The highest BCUT2D eigenvalue weighted by molar-refractivity contribution is 6.31. The average molecular weight is 347 g/mol. The summed E-state index contributed by atoms with van der Waals surface area (Å²) in [6.07, 6.45) is 0.329. The zero-order valence-electron chi connectivity index (χ0n) is 13.0. The van der Waals surface area contributed by atoms with E-state index in [2.05, 4.69) is 10.3 Å². The number of nitrogens with one attached hydrogen (secondary N) is 1. The van der Waals surface area contributed by atoms with Gasteiger partial charge >= 0.3 is 0 Å². The standard InChI is InChI=1S/C17H16ClFN4O/c1-21-22-23(13-7-8-15(19)14(18)11-13)17(20)10-9-16(24)12-5-3-2-4-6-12/h2-8,11,20H,9-10H2,1H3/b20-17?,22-21-. The first-order valence-electron chi connectivity index (χ1n) is 7.23. The Hall–Kier alpha value is -2.60. The fourth-order valence-corrected chi connectivity index (χ4v) is 2.25. The highest BCUT2D eigenvalue weighted by Crippen LogP contribution is 2.24. The topological polar surface area (TPSA) is 68.9 Å². The van der Waals surface area contributed by atoms with E-state index < -0.39 is 5.82 Å². The number of benzene rings is 2. The van der Waals surface area contributed by atoms with Crippen molar-refractivity contribution in [3.63, 3.8) is 0 Å². The van der Waals surface area contributed by atoms with Crippen molar-refractivity contribution in [1.82, 2.24) is 0 Å².